The molecular formula is C32H39F2NO3Si. The third kappa shape index (κ3) is 5.72. The van der Waals surface area contributed by atoms with Gasteiger partial charge in [-0.3, -0.25) is 4.79 Å². The molecule has 0 N–H and O–H groups in total. The number of benzene rings is 3. The van der Waals surface area contributed by atoms with Gasteiger partial charge in [0.1, 0.15) is 0 Å². The summed E-state index contributed by atoms with van der Waals surface area (Å²) in [6, 6.07) is 21.9. The largest absolute Gasteiger partial charge is 0.403 e. The molecule has 4 nitrogen and oxygen atoms in total. The number of nitrogens with zero attached hydrogens (tertiary/aromatic N) is 1. The minimum Gasteiger partial charge on any atom is -0.403 e. The number of rotatable bonds is 8. The second kappa shape index (κ2) is 11.7. The molecule has 0 saturated carbocycles. The monoisotopic (exact) mass is 551 g/mol. The zero-order valence-corrected chi connectivity index (χ0v) is 24.8. The normalized spacial score (nSPS) is 18.3. The second-order valence-electron chi connectivity index (χ2n) is 11.5. The molecule has 0 aliphatic carbocycles. The molecule has 1 saturated heterocycles. The van der Waals surface area contributed by atoms with Crippen LogP contribution in [0.4, 0.5) is 14.5 Å². The first-order valence-corrected chi connectivity index (χ1v) is 15.6. The Labute approximate surface area is 232 Å². The summed E-state index contributed by atoms with van der Waals surface area (Å²) in [6.07, 6.45) is -0.228. The van der Waals surface area contributed by atoms with Crippen molar-refractivity contribution in [2.75, 3.05) is 18.0 Å². The predicted octanol–water partition coefficient (Wildman–Crippen LogP) is 6.25. The summed E-state index contributed by atoms with van der Waals surface area (Å²) >= 11 is 0. The summed E-state index contributed by atoms with van der Waals surface area (Å²) in [5.74, 6) is -2.54. The summed E-state index contributed by atoms with van der Waals surface area (Å²) in [5.41, 5.74) is 0.397. The molecule has 0 amide bonds. The van der Waals surface area contributed by atoms with Gasteiger partial charge in [0, 0.05) is 25.1 Å². The average Bonchev–Trinajstić information content (AvgIpc) is 2.90. The molecule has 0 spiro atoms. The highest BCUT2D eigenvalue weighted by atomic mass is 28.4. The fraction of sp³-hybridized carbons (Fsp3) is 0.406. The van der Waals surface area contributed by atoms with Crippen molar-refractivity contribution in [3.05, 3.63) is 89.5 Å². The smallest absolute Gasteiger partial charge is 0.261 e. The van der Waals surface area contributed by atoms with Crippen LogP contribution in [-0.2, 0) is 15.8 Å². The van der Waals surface area contributed by atoms with Crippen molar-refractivity contribution >= 4 is 30.2 Å². The average molecular weight is 552 g/mol. The summed E-state index contributed by atoms with van der Waals surface area (Å²) in [5, 5.41) is 1.89. The number of ether oxygens (including phenoxy) is 1. The highest BCUT2D eigenvalue weighted by Gasteiger charge is 2.50. The number of carbonyl (C=O) groups excluding carboxylic acids is 1. The van der Waals surface area contributed by atoms with E-state index in [9.17, 15) is 4.79 Å². The molecule has 3 aromatic rings. The van der Waals surface area contributed by atoms with E-state index >= 15 is 8.78 Å². The molecule has 7 heteroatoms. The quantitative estimate of drug-likeness (QED) is 0.245. The number of halogens is 2. The number of hydrogen-bond acceptors (Lipinski definition) is 4. The predicted molar refractivity (Wildman–Crippen MR) is 156 cm³/mol. The highest BCUT2D eigenvalue weighted by Crippen LogP contribution is 2.39. The van der Waals surface area contributed by atoms with Gasteiger partial charge in [0.2, 0.25) is 0 Å². The van der Waals surface area contributed by atoms with Crippen LogP contribution in [0.25, 0.3) is 0 Å². The van der Waals surface area contributed by atoms with Crippen molar-refractivity contribution < 1.29 is 22.7 Å². The van der Waals surface area contributed by atoms with Crippen LogP contribution < -0.4 is 15.3 Å². The lowest BCUT2D eigenvalue weighted by molar-refractivity contribution is -0.00553. The molecule has 1 heterocycles. The minimum atomic E-state index is -2.96. The highest BCUT2D eigenvalue weighted by molar-refractivity contribution is 6.99. The van der Waals surface area contributed by atoms with Crippen molar-refractivity contribution in [2.45, 2.75) is 71.8 Å². The third-order valence-corrected chi connectivity index (χ3v) is 12.5. The standard InChI is InChI=1S/C32H39F2NO3Si/c1-7-28(36)27-18-24(31(30(34)29(27)33)35-19-22(2)38-23(3)20-35)21-37-39(32(4,5)6,25-14-10-8-11-15-25)26-16-12-9-13-17-26/h8-18,22-23H,7,19-21H2,1-6H3. The van der Waals surface area contributed by atoms with Gasteiger partial charge in [0.25, 0.3) is 8.32 Å². The number of Topliss-reactive ketones (excluding diaryl/α,β-unsaturated/α-hetero) is 1. The van der Waals surface area contributed by atoms with E-state index in [0.717, 1.165) is 10.4 Å². The maximum atomic E-state index is 15.9. The van der Waals surface area contributed by atoms with Crippen molar-refractivity contribution in [1.82, 2.24) is 0 Å². The van der Waals surface area contributed by atoms with Gasteiger partial charge in [0.15, 0.2) is 17.4 Å². The molecule has 4 rings (SSSR count). The molecule has 39 heavy (non-hydrogen) atoms. The van der Waals surface area contributed by atoms with Gasteiger partial charge in [0.05, 0.1) is 30.1 Å². The van der Waals surface area contributed by atoms with Crippen LogP contribution in [0, 0.1) is 11.6 Å². The van der Waals surface area contributed by atoms with Crippen LogP contribution in [0.15, 0.2) is 66.7 Å². The molecule has 0 aromatic heterocycles. The first kappa shape index (κ1) is 29.1. The summed E-state index contributed by atoms with van der Waals surface area (Å²) in [6.45, 7) is 12.9. The van der Waals surface area contributed by atoms with Crippen LogP contribution >= 0.6 is 0 Å². The molecular weight excluding hydrogens is 512 g/mol. The summed E-state index contributed by atoms with van der Waals surface area (Å²) in [7, 11) is -2.96. The molecule has 3 aromatic carbocycles. The lowest BCUT2D eigenvalue weighted by Crippen LogP contribution is -2.66. The van der Waals surface area contributed by atoms with Gasteiger partial charge < -0.3 is 14.1 Å². The van der Waals surface area contributed by atoms with Crippen molar-refractivity contribution in [2.24, 2.45) is 0 Å². The van der Waals surface area contributed by atoms with Gasteiger partial charge in [-0.1, -0.05) is 88.4 Å². The van der Waals surface area contributed by atoms with Gasteiger partial charge in [-0.2, -0.15) is 0 Å². The number of hydrogen-bond donors (Lipinski definition) is 0. The number of carbonyl (C=O) groups is 1. The van der Waals surface area contributed by atoms with E-state index < -0.39 is 25.7 Å². The van der Waals surface area contributed by atoms with Gasteiger partial charge in [-0.25, -0.2) is 8.78 Å². The molecule has 2 atom stereocenters. The molecule has 1 aliphatic rings. The van der Waals surface area contributed by atoms with Crippen LogP contribution in [-0.4, -0.2) is 39.4 Å². The summed E-state index contributed by atoms with van der Waals surface area (Å²) in [4.78, 5) is 14.5. The van der Waals surface area contributed by atoms with Crippen molar-refractivity contribution in [1.29, 1.82) is 0 Å². The number of ketones is 1. The first-order chi connectivity index (χ1) is 18.5. The van der Waals surface area contributed by atoms with E-state index in [-0.39, 0.29) is 41.5 Å². The van der Waals surface area contributed by atoms with Crippen molar-refractivity contribution in [3.8, 4) is 0 Å². The Hall–Kier alpha value is -2.87. The fourth-order valence-electron chi connectivity index (χ4n) is 5.82. The van der Waals surface area contributed by atoms with Gasteiger partial charge >= 0.3 is 0 Å². The minimum absolute atomic E-state index is 0.0317. The first-order valence-electron chi connectivity index (χ1n) is 13.7. The molecule has 0 bridgehead atoms. The molecule has 0 radical (unpaired) electrons. The van der Waals surface area contributed by atoms with Crippen LogP contribution in [0.1, 0.15) is 63.9 Å². The Morgan fingerprint density at radius 3 is 1.92 bits per heavy atom. The molecule has 208 valence electrons. The molecule has 1 fully saturated rings. The van der Waals surface area contributed by atoms with Crippen LogP contribution in [0.2, 0.25) is 5.04 Å². The SMILES string of the molecule is CCC(=O)c1cc(CO[Si](c2ccccc2)(c2ccccc2)C(C)(C)C)c(N2CC(C)OC(C)C2)c(F)c1F. The van der Waals surface area contributed by atoms with Crippen LogP contribution in [0.5, 0.6) is 0 Å². The van der Waals surface area contributed by atoms with Gasteiger partial charge in [-0.15, -0.1) is 0 Å². The van der Waals surface area contributed by atoms with E-state index in [0.29, 0.717) is 18.7 Å². The van der Waals surface area contributed by atoms with E-state index in [4.69, 9.17) is 9.16 Å². The fourth-order valence-corrected chi connectivity index (χ4v) is 10.3. The zero-order chi connectivity index (χ0) is 28.4. The number of anilines is 1. The lowest BCUT2D eigenvalue weighted by atomic mass is 10.0. The van der Waals surface area contributed by atoms with E-state index in [2.05, 4.69) is 45.0 Å². The topological polar surface area (TPSA) is 38.8 Å². The Bertz CT molecular complexity index is 1240. The van der Waals surface area contributed by atoms with E-state index in [1.165, 1.54) is 6.07 Å². The third-order valence-electron chi connectivity index (χ3n) is 7.48. The maximum absolute atomic E-state index is 15.9. The Kier molecular flexibility index (Phi) is 8.74. The zero-order valence-electron chi connectivity index (χ0n) is 23.8. The maximum Gasteiger partial charge on any atom is 0.261 e. The molecule has 1 aliphatic heterocycles. The van der Waals surface area contributed by atoms with E-state index in [1.807, 2.05) is 55.1 Å². The Balaban J connectivity index is 1.89. The summed E-state index contributed by atoms with van der Waals surface area (Å²) < 4.78 is 44.2. The van der Waals surface area contributed by atoms with Crippen molar-refractivity contribution in [3.63, 3.8) is 0 Å². The second-order valence-corrected chi connectivity index (χ2v) is 15.8. The van der Waals surface area contributed by atoms with Crippen LogP contribution in [0.3, 0.4) is 0 Å². The Morgan fingerprint density at radius 1 is 0.949 bits per heavy atom. The molecule has 2 unspecified atom stereocenters. The lowest BCUT2D eigenvalue weighted by Gasteiger charge is -2.43. The van der Waals surface area contributed by atoms with Gasteiger partial charge in [-0.05, 0) is 35.3 Å². The number of morpholine rings is 1. The Morgan fingerprint density at radius 2 is 1.46 bits per heavy atom. The van der Waals surface area contributed by atoms with E-state index in [1.54, 1.807) is 6.92 Å².